The Kier molecular flexibility index (Phi) is 56.9. The van der Waals surface area contributed by atoms with Gasteiger partial charge in [-0.3, -0.25) is 14.4 Å². The topological polar surface area (TPSA) is 78.9 Å². The van der Waals surface area contributed by atoms with Gasteiger partial charge in [-0.15, -0.1) is 0 Å². The monoisotopic (exact) mass is 1010 g/mol. The highest BCUT2D eigenvalue weighted by Crippen LogP contribution is 2.15. The van der Waals surface area contributed by atoms with E-state index in [1.807, 2.05) is 0 Å². The van der Waals surface area contributed by atoms with Crippen molar-refractivity contribution in [2.75, 3.05) is 13.2 Å². The number of unbranched alkanes of at least 4 members (excludes halogenated alkanes) is 22. The summed E-state index contributed by atoms with van der Waals surface area (Å²) in [6, 6.07) is 0. The van der Waals surface area contributed by atoms with Crippen LogP contribution in [0.15, 0.2) is 122 Å². The van der Waals surface area contributed by atoms with Crippen LogP contribution in [0.5, 0.6) is 0 Å². The van der Waals surface area contributed by atoms with E-state index >= 15 is 0 Å². The number of carbonyl (C=O) groups excluding carboxylic acids is 3. The molecule has 0 aliphatic rings. The van der Waals surface area contributed by atoms with Gasteiger partial charge in [0, 0.05) is 19.3 Å². The van der Waals surface area contributed by atoms with E-state index in [1.165, 1.54) is 89.9 Å². The second-order valence-corrected chi connectivity index (χ2v) is 19.5. The van der Waals surface area contributed by atoms with Gasteiger partial charge in [-0.05, 0) is 122 Å². The Hall–Kier alpha value is -4.19. The molecule has 0 aromatic carbocycles. The highest BCUT2D eigenvalue weighted by Gasteiger charge is 2.19. The van der Waals surface area contributed by atoms with E-state index in [0.717, 1.165) is 135 Å². The number of allylic oxidation sites excluding steroid dienone is 20. The second-order valence-electron chi connectivity index (χ2n) is 19.5. The summed E-state index contributed by atoms with van der Waals surface area (Å²) in [6.07, 6.45) is 83.6. The molecule has 0 rings (SSSR count). The maximum atomic E-state index is 12.8. The summed E-state index contributed by atoms with van der Waals surface area (Å²) >= 11 is 0. The van der Waals surface area contributed by atoms with Crippen LogP contribution < -0.4 is 0 Å². The number of esters is 3. The lowest BCUT2D eigenvalue weighted by molar-refractivity contribution is -0.167. The van der Waals surface area contributed by atoms with Crippen molar-refractivity contribution in [3.63, 3.8) is 0 Å². The molecular weight excluding hydrogens is 901 g/mol. The van der Waals surface area contributed by atoms with E-state index in [0.29, 0.717) is 12.8 Å². The van der Waals surface area contributed by atoms with Crippen LogP contribution >= 0.6 is 0 Å². The molecular formula is C67H110O6. The Bertz CT molecular complexity index is 1540. The van der Waals surface area contributed by atoms with Gasteiger partial charge in [0.15, 0.2) is 6.10 Å². The fraction of sp³-hybridized carbons (Fsp3) is 0.657. The minimum absolute atomic E-state index is 0.0949. The quantitative estimate of drug-likeness (QED) is 0.0261. The lowest BCUT2D eigenvalue weighted by atomic mass is 10.0. The third kappa shape index (κ3) is 58.6. The van der Waals surface area contributed by atoms with Gasteiger partial charge in [-0.2, -0.15) is 0 Å². The van der Waals surface area contributed by atoms with E-state index in [4.69, 9.17) is 14.2 Å². The minimum Gasteiger partial charge on any atom is -0.462 e. The number of ether oxygens (including phenoxy) is 3. The van der Waals surface area contributed by atoms with Crippen LogP contribution in [-0.4, -0.2) is 37.2 Å². The van der Waals surface area contributed by atoms with Crippen LogP contribution in [0.4, 0.5) is 0 Å². The number of hydrogen-bond donors (Lipinski definition) is 0. The van der Waals surface area contributed by atoms with Gasteiger partial charge in [0.25, 0.3) is 0 Å². The smallest absolute Gasteiger partial charge is 0.306 e. The lowest BCUT2D eigenvalue weighted by Gasteiger charge is -2.18. The van der Waals surface area contributed by atoms with Crippen molar-refractivity contribution in [1.29, 1.82) is 0 Å². The van der Waals surface area contributed by atoms with Gasteiger partial charge < -0.3 is 14.2 Å². The number of rotatable bonds is 53. The molecule has 0 saturated heterocycles. The van der Waals surface area contributed by atoms with E-state index in [2.05, 4.69) is 142 Å². The molecule has 0 N–H and O–H groups in total. The summed E-state index contributed by atoms with van der Waals surface area (Å²) < 4.78 is 16.8. The molecule has 0 heterocycles. The summed E-state index contributed by atoms with van der Waals surface area (Å²) in [7, 11) is 0. The van der Waals surface area contributed by atoms with Crippen molar-refractivity contribution in [3.05, 3.63) is 122 Å². The molecule has 1 unspecified atom stereocenters. The van der Waals surface area contributed by atoms with Crippen LogP contribution in [0.1, 0.15) is 265 Å². The van der Waals surface area contributed by atoms with Gasteiger partial charge in [-0.1, -0.05) is 245 Å². The molecule has 0 fully saturated rings. The molecule has 0 saturated carbocycles. The Morgan fingerprint density at radius 2 is 0.534 bits per heavy atom. The van der Waals surface area contributed by atoms with Crippen molar-refractivity contribution in [1.82, 2.24) is 0 Å². The third-order valence-electron chi connectivity index (χ3n) is 12.4. The molecule has 0 aliphatic carbocycles. The van der Waals surface area contributed by atoms with Crippen molar-refractivity contribution in [2.45, 2.75) is 271 Å². The zero-order valence-electron chi connectivity index (χ0n) is 47.4. The molecule has 1 atom stereocenters. The van der Waals surface area contributed by atoms with Gasteiger partial charge in [0.05, 0.1) is 0 Å². The molecule has 414 valence electrons. The normalized spacial score (nSPS) is 13.0. The Morgan fingerprint density at radius 1 is 0.288 bits per heavy atom. The molecule has 0 aromatic heterocycles. The first-order valence-corrected chi connectivity index (χ1v) is 30.0. The number of carbonyl (C=O) groups is 3. The standard InChI is InChI=1S/C67H110O6/c1-4-7-10-13-16-19-22-24-25-26-27-28-29-30-31-32-33-34-35-36-37-38-39-40-41-43-45-48-51-54-57-60-66(69)72-63-64(62-71-65(68)59-56-53-50-47-44-21-18-15-12-9-6-3)73-67(70)61-58-55-52-49-46-42-23-20-17-14-11-8-5-2/h7-8,10-11,15-20,24-25,27-28,30-31,33-34,42,46,64H,4-6,9,12-14,21-23,26,29,32,35-41,43-45,47-63H2,1-3H3/b10-7-,11-8-,18-15-,19-16-,20-17-,25-24-,28-27-,31-30-,34-33-,46-42-. The van der Waals surface area contributed by atoms with Crippen LogP contribution in [0.3, 0.4) is 0 Å². The maximum absolute atomic E-state index is 12.8. The maximum Gasteiger partial charge on any atom is 0.306 e. The van der Waals surface area contributed by atoms with Gasteiger partial charge in [0.2, 0.25) is 0 Å². The molecule has 0 amide bonds. The minimum atomic E-state index is -0.799. The van der Waals surface area contributed by atoms with Crippen LogP contribution in [-0.2, 0) is 28.6 Å². The zero-order chi connectivity index (χ0) is 52.9. The van der Waals surface area contributed by atoms with E-state index < -0.39 is 6.10 Å². The SMILES string of the molecule is CC/C=C\C/C=C\C/C=C\C/C=C\C/C=C\C/C=C\CCCCCCCCCCCCCCC(=O)OCC(COC(=O)CCCCCCC/C=C\CCCC)OC(=O)CCCCC/C=C\C/C=C\C/C=C\CC. The van der Waals surface area contributed by atoms with Gasteiger partial charge in [0.1, 0.15) is 13.2 Å². The average Bonchev–Trinajstić information content (AvgIpc) is 3.39. The summed E-state index contributed by atoms with van der Waals surface area (Å²) in [6.45, 7) is 6.33. The first-order chi connectivity index (χ1) is 36.0. The number of hydrogen-bond acceptors (Lipinski definition) is 6. The molecule has 6 heteroatoms. The first kappa shape index (κ1) is 68.8. The lowest BCUT2D eigenvalue weighted by Crippen LogP contribution is -2.30. The largest absolute Gasteiger partial charge is 0.462 e. The Balaban J connectivity index is 4.20. The molecule has 0 radical (unpaired) electrons. The molecule has 73 heavy (non-hydrogen) atoms. The van der Waals surface area contributed by atoms with Crippen molar-refractivity contribution in [2.24, 2.45) is 0 Å². The van der Waals surface area contributed by atoms with E-state index in [-0.39, 0.29) is 37.5 Å². The summed E-state index contributed by atoms with van der Waals surface area (Å²) in [5.41, 5.74) is 0. The summed E-state index contributed by atoms with van der Waals surface area (Å²) in [5, 5.41) is 0. The predicted molar refractivity (Wildman–Crippen MR) is 316 cm³/mol. The highest BCUT2D eigenvalue weighted by atomic mass is 16.6. The van der Waals surface area contributed by atoms with Crippen molar-refractivity contribution >= 4 is 17.9 Å². The van der Waals surface area contributed by atoms with Crippen molar-refractivity contribution in [3.8, 4) is 0 Å². The zero-order valence-corrected chi connectivity index (χ0v) is 47.4. The van der Waals surface area contributed by atoms with E-state index in [9.17, 15) is 14.4 Å². The molecule has 6 nitrogen and oxygen atoms in total. The summed E-state index contributed by atoms with van der Waals surface area (Å²) in [5.74, 6) is -0.938. The Labute approximate surface area is 450 Å². The summed E-state index contributed by atoms with van der Waals surface area (Å²) in [4.78, 5) is 38.1. The highest BCUT2D eigenvalue weighted by molar-refractivity contribution is 5.71. The predicted octanol–water partition coefficient (Wildman–Crippen LogP) is 20.4. The molecule has 0 aliphatic heterocycles. The van der Waals surface area contributed by atoms with Gasteiger partial charge >= 0.3 is 17.9 Å². The molecule has 0 aromatic rings. The van der Waals surface area contributed by atoms with Crippen LogP contribution in [0.25, 0.3) is 0 Å². The van der Waals surface area contributed by atoms with Crippen molar-refractivity contribution < 1.29 is 28.6 Å². The van der Waals surface area contributed by atoms with Gasteiger partial charge in [-0.25, -0.2) is 0 Å². The molecule has 0 bridgehead atoms. The first-order valence-electron chi connectivity index (χ1n) is 30.0. The fourth-order valence-electron chi connectivity index (χ4n) is 7.97. The second kappa shape index (κ2) is 60.4. The fourth-order valence-corrected chi connectivity index (χ4v) is 7.97. The average molecular weight is 1010 g/mol. The Morgan fingerprint density at radius 3 is 0.863 bits per heavy atom. The van der Waals surface area contributed by atoms with Crippen LogP contribution in [0, 0.1) is 0 Å². The third-order valence-corrected chi connectivity index (χ3v) is 12.4. The van der Waals surface area contributed by atoms with E-state index in [1.54, 1.807) is 0 Å². The van der Waals surface area contributed by atoms with Crippen LogP contribution in [0.2, 0.25) is 0 Å². The molecule has 0 spiro atoms.